The molecular weight excluding hydrogens is 136 g/mol. The van der Waals surface area contributed by atoms with Crippen molar-refractivity contribution in [3.05, 3.63) is 0 Å². The molecule has 0 aromatic rings. The highest BCUT2D eigenvalue weighted by Crippen LogP contribution is 2.12. The second kappa shape index (κ2) is 6.66. The monoisotopic (exact) mass is 158 g/mol. The van der Waals surface area contributed by atoms with Crippen molar-refractivity contribution in [2.24, 2.45) is 5.92 Å². The highest BCUT2D eigenvalue weighted by molar-refractivity contribution is 4.55. The van der Waals surface area contributed by atoms with Gasteiger partial charge in [-0.2, -0.15) is 0 Å². The third-order valence-corrected chi connectivity index (χ3v) is 2.21. The van der Waals surface area contributed by atoms with Crippen molar-refractivity contribution in [3.63, 3.8) is 0 Å². The van der Waals surface area contributed by atoms with Crippen LogP contribution in [0.4, 0.5) is 0 Å². The van der Waals surface area contributed by atoms with E-state index >= 15 is 0 Å². The molecule has 1 nitrogen and oxygen atoms in total. The molecule has 0 fully saturated rings. The Morgan fingerprint density at radius 3 is 2.18 bits per heavy atom. The molecule has 0 amide bonds. The van der Waals surface area contributed by atoms with Crippen LogP contribution in [0.3, 0.4) is 0 Å². The molecule has 2 unspecified atom stereocenters. The van der Waals surface area contributed by atoms with E-state index in [4.69, 9.17) is 4.74 Å². The van der Waals surface area contributed by atoms with Crippen molar-refractivity contribution in [3.8, 4) is 0 Å². The van der Waals surface area contributed by atoms with Crippen LogP contribution in [-0.2, 0) is 4.74 Å². The van der Waals surface area contributed by atoms with Crippen LogP contribution in [0.5, 0.6) is 0 Å². The highest BCUT2D eigenvalue weighted by Gasteiger charge is 2.03. The number of hydrogen-bond donors (Lipinski definition) is 0. The van der Waals surface area contributed by atoms with Gasteiger partial charge in [-0.3, -0.25) is 0 Å². The third-order valence-electron chi connectivity index (χ3n) is 2.21. The molecule has 0 bridgehead atoms. The Morgan fingerprint density at radius 2 is 1.73 bits per heavy atom. The molecule has 2 atom stereocenters. The lowest BCUT2D eigenvalue weighted by Crippen LogP contribution is -2.09. The van der Waals surface area contributed by atoms with Gasteiger partial charge in [-0.15, -0.1) is 0 Å². The van der Waals surface area contributed by atoms with Gasteiger partial charge in [0.2, 0.25) is 0 Å². The molecular formula is C10H22O. The topological polar surface area (TPSA) is 9.23 Å². The van der Waals surface area contributed by atoms with Gasteiger partial charge >= 0.3 is 0 Å². The Hall–Kier alpha value is -0.0400. The predicted molar refractivity (Wildman–Crippen MR) is 49.8 cm³/mol. The fourth-order valence-corrected chi connectivity index (χ4v) is 1.09. The summed E-state index contributed by atoms with van der Waals surface area (Å²) in [7, 11) is 0. The smallest absolute Gasteiger partial charge is 0.0547 e. The van der Waals surface area contributed by atoms with Crippen molar-refractivity contribution >= 4 is 0 Å². The first kappa shape index (κ1) is 11.0. The molecule has 68 valence electrons. The van der Waals surface area contributed by atoms with E-state index in [-0.39, 0.29) is 0 Å². The van der Waals surface area contributed by atoms with Gasteiger partial charge in [-0.25, -0.2) is 0 Å². The largest absolute Gasteiger partial charge is 0.379 e. The van der Waals surface area contributed by atoms with Crippen molar-refractivity contribution in [1.29, 1.82) is 0 Å². The van der Waals surface area contributed by atoms with Crippen LogP contribution < -0.4 is 0 Å². The van der Waals surface area contributed by atoms with Crippen LogP contribution in [0.15, 0.2) is 0 Å². The zero-order chi connectivity index (χ0) is 8.69. The summed E-state index contributed by atoms with van der Waals surface area (Å²) < 4.78 is 5.44. The van der Waals surface area contributed by atoms with Crippen LogP contribution in [-0.4, -0.2) is 12.7 Å². The summed E-state index contributed by atoms with van der Waals surface area (Å²) in [6.07, 6.45) is 4.26. The Morgan fingerprint density at radius 1 is 1.09 bits per heavy atom. The minimum Gasteiger partial charge on any atom is -0.379 e. The van der Waals surface area contributed by atoms with Gasteiger partial charge in [0.05, 0.1) is 6.10 Å². The van der Waals surface area contributed by atoms with E-state index in [2.05, 4.69) is 27.7 Å². The van der Waals surface area contributed by atoms with Gasteiger partial charge in [-0.1, -0.05) is 20.3 Å². The SMILES string of the molecule is CCOC(C)CCC(C)CC. The summed E-state index contributed by atoms with van der Waals surface area (Å²) in [6.45, 7) is 9.61. The molecule has 0 N–H and O–H groups in total. The van der Waals surface area contributed by atoms with E-state index in [0.29, 0.717) is 6.10 Å². The maximum atomic E-state index is 5.44. The summed E-state index contributed by atoms with van der Waals surface area (Å²) in [5.74, 6) is 0.859. The lowest BCUT2D eigenvalue weighted by atomic mass is 10.0. The second-order valence-corrected chi connectivity index (χ2v) is 3.36. The summed E-state index contributed by atoms with van der Waals surface area (Å²) in [4.78, 5) is 0. The third kappa shape index (κ3) is 6.36. The van der Waals surface area contributed by atoms with Gasteiger partial charge in [0, 0.05) is 6.61 Å². The summed E-state index contributed by atoms with van der Waals surface area (Å²) in [6, 6.07) is 0. The molecule has 0 aromatic carbocycles. The quantitative estimate of drug-likeness (QED) is 0.576. The first-order valence-corrected chi connectivity index (χ1v) is 4.82. The Labute approximate surface area is 71.1 Å². The first-order chi connectivity index (χ1) is 5.20. The molecule has 0 aromatic heterocycles. The first-order valence-electron chi connectivity index (χ1n) is 4.82. The van der Waals surface area contributed by atoms with E-state index in [1.165, 1.54) is 19.3 Å². The van der Waals surface area contributed by atoms with Gasteiger partial charge in [0.25, 0.3) is 0 Å². The van der Waals surface area contributed by atoms with Crippen molar-refractivity contribution in [1.82, 2.24) is 0 Å². The van der Waals surface area contributed by atoms with Crippen LogP contribution >= 0.6 is 0 Å². The number of hydrogen-bond acceptors (Lipinski definition) is 1. The molecule has 11 heavy (non-hydrogen) atoms. The van der Waals surface area contributed by atoms with E-state index in [1.54, 1.807) is 0 Å². The van der Waals surface area contributed by atoms with E-state index in [1.807, 2.05) is 0 Å². The lowest BCUT2D eigenvalue weighted by molar-refractivity contribution is 0.0658. The maximum Gasteiger partial charge on any atom is 0.0547 e. The Kier molecular flexibility index (Phi) is 6.63. The fourth-order valence-electron chi connectivity index (χ4n) is 1.09. The standard InChI is InChI=1S/C10H22O/c1-5-9(3)7-8-10(4)11-6-2/h9-10H,5-8H2,1-4H3. The van der Waals surface area contributed by atoms with E-state index in [9.17, 15) is 0 Å². The molecule has 0 aliphatic heterocycles. The summed E-state index contributed by atoms with van der Waals surface area (Å²) in [5, 5.41) is 0. The fraction of sp³-hybridized carbons (Fsp3) is 1.00. The number of rotatable bonds is 6. The lowest BCUT2D eigenvalue weighted by Gasteiger charge is -2.13. The van der Waals surface area contributed by atoms with Gasteiger partial charge in [0.15, 0.2) is 0 Å². The minimum absolute atomic E-state index is 0.453. The van der Waals surface area contributed by atoms with Crippen LogP contribution in [0, 0.1) is 5.92 Å². The van der Waals surface area contributed by atoms with Gasteiger partial charge < -0.3 is 4.74 Å². The van der Waals surface area contributed by atoms with Crippen LogP contribution in [0.25, 0.3) is 0 Å². The summed E-state index contributed by atoms with van der Waals surface area (Å²) >= 11 is 0. The molecule has 0 heterocycles. The molecule has 0 aliphatic carbocycles. The summed E-state index contributed by atoms with van der Waals surface area (Å²) in [5.41, 5.74) is 0. The average Bonchev–Trinajstić information content (AvgIpc) is 2.01. The normalized spacial score (nSPS) is 16.4. The van der Waals surface area contributed by atoms with Gasteiger partial charge in [0.1, 0.15) is 0 Å². The van der Waals surface area contributed by atoms with E-state index in [0.717, 1.165) is 12.5 Å². The Balaban J connectivity index is 3.22. The molecule has 0 radical (unpaired) electrons. The molecule has 0 saturated carbocycles. The molecule has 0 rings (SSSR count). The molecule has 0 spiro atoms. The van der Waals surface area contributed by atoms with Crippen molar-refractivity contribution in [2.75, 3.05) is 6.61 Å². The number of ether oxygens (including phenoxy) is 1. The molecule has 1 heteroatoms. The van der Waals surface area contributed by atoms with E-state index < -0.39 is 0 Å². The Bertz CT molecular complexity index is 80.9. The van der Waals surface area contributed by atoms with Crippen molar-refractivity contribution < 1.29 is 4.74 Å². The zero-order valence-electron chi connectivity index (χ0n) is 8.39. The predicted octanol–water partition coefficient (Wildman–Crippen LogP) is 3.24. The zero-order valence-corrected chi connectivity index (χ0v) is 8.39. The minimum atomic E-state index is 0.453. The molecule has 0 aliphatic rings. The van der Waals surface area contributed by atoms with Crippen molar-refractivity contribution in [2.45, 2.75) is 53.1 Å². The second-order valence-electron chi connectivity index (χ2n) is 3.36. The average molecular weight is 158 g/mol. The molecule has 0 saturated heterocycles. The van der Waals surface area contributed by atoms with Gasteiger partial charge in [-0.05, 0) is 32.6 Å². The maximum absolute atomic E-state index is 5.44. The highest BCUT2D eigenvalue weighted by atomic mass is 16.5. The van der Waals surface area contributed by atoms with Crippen LogP contribution in [0.1, 0.15) is 47.0 Å². The van der Waals surface area contributed by atoms with Crippen LogP contribution in [0.2, 0.25) is 0 Å².